The van der Waals surface area contributed by atoms with Crippen LogP contribution in [0.4, 0.5) is 5.69 Å². The molecule has 21 heavy (non-hydrogen) atoms. The second-order valence-electron chi connectivity index (χ2n) is 4.92. The topological polar surface area (TPSA) is 61.5 Å². The van der Waals surface area contributed by atoms with Crippen LogP contribution in [0.1, 0.15) is 27.0 Å². The van der Waals surface area contributed by atoms with Crippen LogP contribution in [0.3, 0.4) is 0 Å². The molecular weight excluding hydrogens is 266 g/mol. The zero-order valence-electron chi connectivity index (χ0n) is 12.5. The van der Waals surface area contributed by atoms with Gasteiger partial charge in [0.2, 0.25) is 0 Å². The highest BCUT2D eigenvalue weighted by molar-refractivity contribution is 5.96. The molecule has 0 aliphatic carbocycles. The molecule has 0 atom stereocenters. The zero-order valence-corrected chi connectivity index (χ0v) is 12.5. The van der Waals surface area contributed by atoms with Gasteiger partial charge in [0.05, 0.1) is 18.4 Å². The van der Waals surface area contributed by atoms with E-state index in [1.54, 1.807) is 18.2 Å². The van der Waals surface area contributed by atoms with Gasteiger partial charge in [0.1, 0.15) is 12.4 Å². The van der Waals surface area contributed by atoms with Crippen molar-refractivity contribution in [3.05, 3.63) is 58.7 Å². The first kappa shape index (κ1) is 14.9. The molecule has 0 unspecified atom stereocenters. The molecule has 4 nitrogen and oxygen atoms in total. The lowest BCUT2D eigenvalue weighted by atomic mass is 10.1. The Balaban J connectivity index is 2.10. The van der Waals surface area contributed by atoms with Crippen LogP contribution in [0, 0.1) is 13.8 Å². The highest BCUT2D eigenvalue weighted by Gasteiger charge is 2.14. The standard InChI is InChI=1S/C17H19NO3/c1-11-7-8-13(9-12(11)2)10-21-17(19)14-5-4-6-15(20-3)16(14)18/h4-9H,10,18H2,1-3H3. The van der Waals surface area contributed by atoms with Crippen LogP contribution in [-0.4, -0.2) is 13.1 Å². The number of rotatable bonds is 4. The van der Waals surface area contributed by atoms with Crippen LogP contribution < -0.4 is 10.5 Å². The van der Waals surface area contributed by atoms with Crippen LogP contribution >= 0.6 is 0 Å². The summed E-state index contributed by atoms with van der Waals surface area (Å²) < 4.78 is 10.4. The fraction of sp³-hybridized carbons (Fsp3) is 0.235. The first-order valence-corrected chi connectivity index (χ1v) is 6.68. The van der Waals surface area contributed by atoms with Gasteiger partial charge in [0.15, 0.2) is 0 Å². The fourth-order valence-electron chi connectivity index (χ4n) is 2.02. The van der Waals surface area contributed by atoms with Gasteiger partial charge in [-0.05, 0) is 42.7 Å². The SMILES string of the molecule is COc1cccc(C(=O)OCc2ccc(C)c(C)c2)c1N. The summed E-state index contributed by atoms with van der Waals surface area (Å²) in [7, 11) is 1.51. The summed E-state index contributed by atoms with van der Waals surface area (Å²) in [5.41, 5.74) is 9.83. The second kappa shape index (κ2) is 6.31. The predicted molar refractivity (Wildman–Crippen MR) is 82.4 cm³/mol. The van der Waals surface area contributed by atoms with Gasteiger partial charge in [-0.15, -0.1) is 0 Å². The first-order chi connectivity index (χ1) is 10.0. The number of methoxy groups -OCH3 is 1. The van der Waals surface area contributed by atoms with Crippen molar-refractivity contribution >= 4 is 11.7 Å². The predicted octanol–water partition coefficient (Wildman–Crippen LogP) is 3.25. The minimum atomic E-state index is -0.454. The second-order valence-corrected chi connectivity index (χ2v) is 4.92. The molecule has 0 spiro atoms. The van der Waals surface area contributed by atoms with E-state index >= 15 is 0 Å². The van der Waals surface area contributed by atoms with Crippen molar-refractivity contribution in [3.63, 3.8) is 0 Å². The Morgan fingerprint density at radius 1 is 1.14 bits per heavy atom. The monoisotopic (exact) mass is 285 g/mol. The number of para-hydroxylation sites is 1. The molecule has 0 amide bonds. The Bertz CT molecular complexity index is 665. The van der Waals surface area contributed by atoms with Crippen LogP contribution in [-0.2, 0) is 11.3 Å². The van der Waals surface area contributed by atoms with E-state index in [0.29, 0.717) is 17.0 Å². The largest absolute Gasteiger partial charge is 0.495 e. The fourth-order valence-corrected chi connectivity index (χ4v) is 2.02. The molecule has 0 radical (unpaired) electrons. The van der Waals surface area contributed by atoms with Crippen molar-refractivity contribution < 1.29 is 14.3 Å². The summed E-state index contributed by atoms with van der Waals surface area (Å²) in [5.74, 6) is 0.0141. The molecule has 2 rings (SSSR count). The number of esters is 1. The summed E-state index contributed by atoms with van der Waals surface area (Å²) in [4.78, 5) is 12.1. The van der Waals surface area contributed by atoms with E-state index in [9.17, 15) is 4.79 Å². The smallest absolute Gasteiger partial charge is 0.340 e. The van der Waals surface area contributed by atoms with Gasteiger partial charge < -0.3 is 15.2 Å². The number of benzene rings is 2. The third kappa shape index (κ3) is 3.34. The molecule has 0 fully saturated rings. The summed E-state index contributed by atoms with van der Waals surface area (Å²) in [5, 5.41) is 0. The quantitative estimate of drug-likeness (QED) is 0.692. The number of hydrogen-bond acceptors (Lipinski definition) is 4. The molecule has 0 heterocycles. The van der Waals surface area contributed by atoms with Gasteiger partial charge in [-0.1, -0.05) is 24.3 Å². The number of nitrogen functional groups attached to an aromatic ring is 1. The number of aryl methyl sites for hydroxylation is 2. The highest BCUT2D eigenvalue weighted by Crippen LogP contribution is 2.25. The van der Waals surface area contributed by atoms with Crippen LogP contribution in [0.15, 0.2) is 36.4 Å². The highest BCUT2D eigenvalue weighted by atomic mass is 16.5. The lowest BCUT2D eigenvalue weighted by molar-refractivity contribution is 0.0473. The number of hydrogen-bond donors (Lipinski definition) is 1. The average molecular weight is 285 g/mol. The lowest BCUT2D eigenvalue weighted by Crippen LogP contribution is -2.09. The number of ether oxygens (including phenoxy) is 2. The molecule has 0 bridgehead atoms. The zero-order chi connectivity index (χ0) is 15.4. The van der Waals surface area contributed by atoms with Crippen LogP contribution in [0.5, 0.6) is 5.75 Å². The molecule has 0 aliphatic heterocycles. The van der Waals surface area contributed by atoms with E-state index < -0.39 is 5.97 Å². The third-order valence-electron chi connectivity index (χ3n) is 3.45. The average Bonchev–Trinajstić information content (AvgIpc) is 2.48. The van der Waals surface area contributed by atoms with Gasteiger partial charge in [-0.3, -0.25) is 0 Å². The molecule has 0 aliphatic rings. The van der Waals surface area contributed by atoms with Crippen molar-refractivity contribution in [2.45, 2.75) is 20.5 Å². The number of anilines is 1. The summed E-state index contributed by atoms with van der Waals surface area (Å²) in [6.45, 7) is 4.29. The van der Waals surface area contributed by atoms with E-state index in [1.165, 1.54) is 18.2 Å². The number of nitrogens with two attached hydrogens (primary N) is 1. The van der Waals surface area contributed by atoms with Gasteiger partial charge in [-0.2, -0.15) is 0 Å². The third-order valence-corrected chi connectivity index (χ3v) is 3.45. The van der Waals surface area contributed by atoms with E-state index in [0.717, 1.165) is 5.56 Å². The van der Waals surface area contributed by atoms with Crippen molar-refractivity contribution in [2.75, 3.05) is 12.8 Å². The van der Waals surface area contributed by atoms with Gasteiger partial charge in [-0.25, -0.2) is 4.79 Å². The van der Waals surface area contributed by atoms with E-state index in [-0.39, 0.29) is 6.61 Å². The minimum absolute atomic E-state index is 0.219. The number of carbonyl (C=O) groups excluding carboxylic acids is 1. The molecule has 0 saturated carbocycles. The maximum atomic E-state index is 12.1. The van der Waals surface area contributed by atoms with Crippen molar-refractivity contribution in [1.29, 1.82) is 0 Å². The summed E-state index contributed by atoms with van der Waals surface area (Å²) in [6, 6.07) is 11.0. The number of carbonyl (C=O) groups is 1. The molecule has 0 aromatic heterocycles. The molecule has 2 aromatic rings. The van der Waals surface area contributed by atoms with Gasteiger partial charge in [0.25, 0.3) is 0 Å². The van der Waals surface area contributed by atoms with Crippen molar-refractivity contribution in [1.82, 2.24) is 0 Å². The molecule has 4 heteroatoms. The van der Waals surface area contributed by atoms with Gasteiger partial charge >= 0.3 is 5.97 Å². The molecule has 0 saturated heterocycles. The van der Waals surface area contributed by atoms with Crippen LogP contribution in [0.2, 0.25) is 0 Å². The lowest BCUT2D eigenvalue weighted by Gasteiger charge is -2.10. The van der Waals surface area contributed by atoms with Gasteiger partial charge in [0, 0.05) is 0 Å². The molecular formula is C17H19NO3. The normalized spacial score (nSPS) is 10.2. The van der Waals surface area contributed by atoms with E-state index in [4.69, 9.17) is 15.2 Å². The Kier molecular flexibility index (Phi) is 4.48. The Morgan fingerprint density at radius 3 is 2.57 bits per heavy atom. The first-order valence-electron chi connectivity index (χ1n) is 6.68. The molecule has 2 aromatic carbocycles. The maximum absolute atomic E-state index is 12.1. The minimum Gasteiger partial charge on any atom is -0.495 e. The molecule has 2 N–H and O–H groups in total. The Morgan fingerprint density at radius 2 is 1.90 bits per heavy atom. The Labute approximate surface area is 124 Å². The summed E-state index contributed by atoms with van der Waals surface area (Å²) in [6.07, 6.45) is 0. The van der Waals surface area contributed by atoms with Crippen LogP contribution in [0.25, 0.3) is 0 Å². The Hall–Kier alpha value is -2.49. The maximum Gasteiger partial charge on any atom is 0.340 e. The van der Waals surface area contributed by atoms with E-state index in [2.05, 4.69) is 0 Å². The van der Waals surface area contributed by atoms with E-state index in [1.807, 2.05) is 32.0 Å². The van der Waals surface area contributed by atoms with Crippen molar-refractivity contribution in [3.8, 4) is 5.75 Å². The molecule has 110 valence electrons. The summed E-state index contributed by atoms with van der Waals surface area (Å²) >= 11 is 0. The van der Waals surface area contributed by atoms with Crippen molar-refractivity contribution in [2.24, 2.45) is 0 Å².